The van der Waals surface area contributed by atoms with Crippen molar-refractivity contribution in [2.45, 2.75) is 65.4 Å². The smallest absolute Gasteiger partial charge is 0.130 e. The van der Waals surface area contributed by atoms with Crippen molar-refractivity contribution in [1.82, 2.24) is 15.8 Å². The first-order valence-corrected chi connectivity index (χ1v) is 7.64. The number of hydrogen-bond acceptors (Lipinski definition) is 4. The molecular weight excluding hydrogens is 238 g/mol. The molecule has 0 amide bonds. The lowest BCUT2D eigenvalue weighted by atomic mass is 9.92. The Morgan fingerprint density at radius 3 is 2.68 bits per heavy atom. The van der Waals surface area contributed by atoms with Gasteiger partial charge in [0.05, 0.1) is 0 Å². The van der Waals surface area contributed by atoms with E-state index >= 15 is 0 Å². The van der Waals surface area contributed by atoms with Gasteiger partial charge in [-0.25, -0.2) is 0 Å². The van der Waals surface area contributed by atoms with Crippen LogP contribution in [0.3, 0.4) is 0 Å². The minimum Gasteiger partial charge on any atom is -0.362 e. The van der Waals surface area contributed by atoms with E-state index in [1.807, 2.05) is 0 Å². The Kier molecular flexibility index (Phi) is 3.36. The van der Waals surface area contributed by atoms with Crippen molar-refractivity contribution in [2.75, 3.05) is 6.61 Å². The number of rotatable bonds is 3. The molecule has 0 aromatic carbocycles. The summed E-state index contributed by atoms with van der Waals surface area (Å²) >= 11 is 0. The first-order valence-electron chi connectivity index (χ1n) is 7.64. The number of hydrogen-bond donors (Lipinski definition) is 2. The maximum absolute atomic E-state index is 5.96. The second kappa shape index (κ2) is 4.76. The molecule has 1 saturated carbocycles. The van der Waals surface area contributed by atoms with Gasteiger partial charge in [0.1, 0.15) is 12.4 Å². The average Bonchev–Trinajstić information content (AvgIpc) is 3.07. The van der Waals surface area contributed by atoms with Gasteiger partial charge in [0.15, 0.2) is 0 Å². The van der Waals surface area contributed by atoms with Crippen molar-refractivity contribution < 1.29 is 4.74 Å². The number of allylic oxidation sites excluding steroid dienone is 1. The molecule has 108 valence electrons. The predicted molar refractivity (Wildman–Crippen MR) is 76.0 cm³/mol. The van der Waals surface area contributed by atoms with E-state index in [2.05, 4.69) is 49.5 Å². The number of fused-ring (bicyclic) bond motifs is 1. The van der Waals surface area contributed by atoms with Gasteiger partial charge >= 0.3 is 0 Å². The van der Waals surface area contributed by atoms with Crippen LogP contribution in [0.4, 0.5) is 0 Å². The highest BCUT2D eigenvalue weighted by Crippen LogP contribution is 2.39. The molecular formula is C15H27N3O. The predicted octanol–water partition coefficient (Wildman–Crippen LogP) is 2.20. The molecule has 2 heterocycles. The number of nitrogens with one attached hydrogen (secondary N) is 2. The fourth-order valence-corrected chi connectivity index (χ4v) is 3.07. The number of hydrazine groups is 1. The maximum Gasteiger partial charge on any atom is 0.130 e. The topological polar surface area (TPSA) is 36.5 Å². The molecule has 0 spiro atoms. The van der Waals surface area contributed by atoms with Crippen LogP contribution in [-0.4, -0.2) is 30.1 Å². The van der Waals surface area contributed by atoms with Gasteiger partial charge in [0, 0.05) is 30.2 Å². The lowest BCUT2D eigenvalue weighted by molar-refractivity contribution is -0.120. The molecule has 2 fully saturated rings. The van der Waals surface area contributed by atoms with Gasteiger partial charge in [-0.2, -0.15) is 5.01 Å². The average molecular weight is 265 g/mol. The van der Waals surface area contributed by atoms with Crippen molar-refractivity contribution in [1.29, 1.82) is 0 Å². The van der Waals surface area contributed by atoms with Crippen LogP contribution < -0.4 is 10.7 Å². The van der Waals surface area contributed by atoms with Gasteiger partial charge in [0.2, 0.25) is 0 Å². The fourth-order valence-electron chi connectivity index (χ4n) is 3.07. The van der Waals surface area contributed by atoms with Crippen LogP contribution in [0.15, 0.2) is 11.8 Å². The highest BCUT2D eigenvalue weighted by molar-refractivity contribution is 5.18. The molecule has 4 nitrogen and oxygen atoms in total. The quantitative estimate of drug-likeness (QED) is 0.820. The normalized spacial score (nSPS) is 35.8. The Labute approximate surface area is 116 Å². The molecule has 2 aliphatic heterocycles. The molecule has 3 unspecified atom stereocenters. The Hall–Kier alpha value is -0.580. The SMILES string of the molecule is CCOC1CC(C2CC2)NC2C=C(C(C)(C)C)NN21. The highest BCUT2D eigenvalue weighted by Gasteiger charge is 2.44. The molecule has 4 heteroatoms. The van der Waals surface area contributed by atoms with Gasteiger partial charge in [-0.15, -0.1) is 0 Å². The third-order valence-electron chi connectivity index (χ3n) is 4.38. The molecule has 3 aliphatic rings. The van der Waals surface area contributed by atoms with Crippen molar-refractivity contribution in [2.24, 2.45) is 11.3 Å². The van der Waals surface area contributed by atoms with Gasteiger partial charge in [0.25, 0.3) is 0 Å². The number of nitrogens with zero attached hydrogens (tertiary/aromatic N) is 1. The zero-order valence-corrected chi connectivity index (χ0v) is 12.6. The van der Waals surface area contributed by atoms with E-state index in [0.717, 1.165) is 18.9 Å². The van der Waals surface area contributed by atoms with Gasteiger partial charge in [-0.1, -0.05) is 20.8 Å². The van der Waals surface area contributed by atoms with Crippen LogP contribution in [-0.2, 0) is 4.74 Å². The summed E-state index contributed by atoms with van der Waals surface area (Å²) in [5.74, 6) is 0.872. The Balaban J connectivity index is 1.76. The first-order chi connectivity index (χ1) is 8.99. The van der Waals surface area contributed by atoms with Crippen LogP contribution >= 0.6 is 0 Å². The third kappa shape index (κ3) is 2.67. The summed E-state index contributed by atoms with van der Waals surface area (Å²) < 4.78 is 5.96. The van der Waals surface area contributed by atoms with Crippen molar-refractivity contribution in [3.63, 3.8) is 0 Å². The highest BCUT2D eigenvalue weighted by atomic mass is 16.5. The lowest BCUT2D eigenvalue weighted by Gasteiger charge is -2.42. The molecule has 0 aromatic heterocycles. The van der Waals surface area contributed by atoms with Crippen LogP contribution in [0, 0.1) is 11.3 Å². The van der Waals surface area contributed by atoms with Crippen molar-refractivity contribution in [3.8, 4) is 0 Å². The van der Waals surface area contributed by atoms with Gasteiger partial charge in [-0.3, -0.25) is 5.32 Å². The third-order valence-corrected chi connectivity index (χ3v) is 4.38. The second-order valence-electron chi connectivity index (χ2n) is 7.05. The Bertz CT molecular complexity index is 370. The van der Waals surface area contributed by atoms with Crippen molar-refractivity contribution >= 4 is 0 Å². The van der Waals surface area contributed by atoms with E-state index in [4.69, 9.17) is 4.74 Å². The summed E-state index contributed by atoms with van der Waals surface area (Å²) in [6.07, 6.45) is 6.66. The van der Waals surface area contributed by atoms with E-state index in [9.17, 15) is 0 Å². The van der Waals surface area contributed by atoms with E-state index in [-0.39, 0.29) is 17.8 Å². The molecule has 19 heavy (non-hydrogen) atoms. The molecule has 0 radical (unpaired) electrons. The van der Waals surface area contributed by atoms with Crippen LogP contribution in [0.25, 0.3) is 0 Å². The summed E-state index contributed by atoms with van der Waals surface area (Å²) in [5, 5.41) is 6.03. The van der Waals surface area contributed by atoms with E-state index < -0.39 is 0 Å². The van der Waals surface area contributed by atoms with Crippen LogP contribution in [0.2, 0.25) is 0 Å². The minimum absolute atomic E-state index is 0.158. The van der Waals surface area contributed by atoms with Crippen LogP contribution in [0.1, 0.15) is 47.0 Å². The summed E-state index contributed by atoms with van der Waals surface area (Å²) in [6, 6.07) is 0.621. The molecule has 0 aromatic rings. The lowest BCUT2D eigenvalue weighted by Crippen LogP contribution is -2.62. The Morgan fingerprint density at radius 1 is 1.37 bits per heavy atom. The molecule has 1 aliphatic carbocycles. The summed E-state index contributed by atoms with van der Waals surface area (Å²) in [6.45, 7) is 9.60. The number of ether oxygens (including phenoxy) is 1. The molecule has 3 atom stereocenters. The summed E-state index contributed by atoms with van der Waals surface area (Å²) in [7, 11) is 0. The zero-order chi connectivity index (χ0) is 13.6. The molecule has 1 saturated heterocycles. The standard InChI is InChI=1S/C15H27N3O/c1-5-19-14-8-11(10-6-7-10)16-13-9-12(15(2,3)4)17-18(13)14/h9-11,13-14,16-17H,5-8H2,1-4H3. The van der Waals surface area contributed by atoms with Crippen LogP contribution in [0.5, 0.6) is 0 Å². The second-order valence-corrected chi connectivity index (χ2v) is 7.05. The monoisotopic (exact) mass is 265 g/mol. The first kappa shape index (κ1) is 13.4. The Morgan fingerprint density at radius 2 is 2.11 bits per heavy atom. The zero-order valence-electron chi connectivity index (χ0n) is 12.6. The van der Waals surface area contributed by atoms with Gasteiger partial charge in [-0.05, 0) is 31.8 Å². The maximum atomic E-state index is 5.96. The van der Waals surface area contributed by atoms with E-state index in [1.54, 1.807) is 0 Å². The minimum atomic E-state index is 0.158. The summed E-state index contributed by atoms with van der Waals surface area (Å²) in [4.78, 5) is 0. The molecule has 0 bridgehead atoms. The van der Waals surface area contributed by atoms with E-state index in [0.29, 0.717) is 6.04 Å². The molecule has 2 N–H and O–H groups in total. The van der Waals surface area contributed by atoms with Crippen molar-refractivity contribution in [3.05, 3.63) is 11.8 Å². The molecule has 3 rings (SSSR count). The fraction of sp³-hybridized carbons (Fsp3) is 0.867. The largest absolute Gasteiger partial charge is 0.362 e. The summed E-state index contributed by atoms with van der Waals surface area (Å²) in [5.41, 5.74) is 5.01. The van der Waals surface area contributed by atoms with Gasteiger partial charge < -0.3 is 10.2 Å². The van der Waals surface area contributed by atoms with E-state index in [1.165, 1.54) is 18.5 Å².